The third-order valence-electron chi connectivity index (χ3n) is 6.46. The summed E-state index contributed by atoms with van der Waals surface area (Å²) < 4.78 is 5.51. The van der Waals surface area contributed by atoms with Gasteiger partial charge in [-0.3, -0.25) is 0 Å². The molecule has 0 aliphatic heterocycles. The van der Waals surface area contributed by atoms with Crippen LogP contribution >= 0.6 is 0 Å². The maximum Gasteiger partial charge on any atom is 0.0886 e. The molecule has 0 unspecified atom stereocenters. The number of nitrogens with one attached hydrogen (secondary N) is 1. The van der Waals surface area contributed by atoms with E-state index in [4.69, 9.17) is 4.74 Å². The van der Waals surface area contributed by atoms with Crippen molar-refractivity contribution in [2.45, 2.75) is 19.0 Å². The van der Waals surface area contributed by atoms with E-state index in [1.807, 2.05) is 6.92 Å². The molecule has 5 aromatic rings. The molecule has 0 atom stereocenters. The van der Waals surface area contributed by atoms with Gasteiger partial charge >= 0.3 is 0 Å². The molecule has 0 saturated heterocycles. The van der Waals surface area contributed by atoms with E-state index in [2.05, 4.69) is 72.0 Å². The number of fused-ring (bicyclic) bond motifs is 2. The van der Waals surface area contributed by atoms with Crippen molar-refractivity contribution in [1.29, 1.82) is 0 Å². The Morgan fingerprint density at radius 3 is 1.97 bits per heavy atom. The van der Waals surface area contributed by atoms with Gasteiger partial charge in [-0.25, -0.2) is 0 Å². The quantitative estimate of drug-likeness (QED) is 0.257. The Balaban J connectivity index is 1.67. The molecule has 4 heteroatoms. The smallest absolute Gasteiger partial charge is 0.0886 e. The molecule has 0 radical (unpaired) electrons. The minimum Gasteiger partial charge on any atom is -0.394 e. The summed E-state index contributed by atoms with van der Waals surface area (Å²) in [6, 6.07) is 23.9. The molecule has 3 N–H and O–H groups in total. The molecule has 158 valence electrons. The van der Waals surface area contributed by atoms with Crippen molar-refractivity contribution in [1.82, 2.24) is 5.32 Å². The van der Waals surface area contributed by atoms with Crippen molar-refractivity contribution in [3.63, 3.8) is 0 Å². The molecular formula is C27H27NO3. The van der Waals surface area contributed by atoms with E-state index in [1.54, 1.807) is 0 Å². The van der Waals surface area contributed by atoms with Crippen molar-refractivity contribution in [2.75, 3.05) is 26.4 Å². The number of ether oxygens (including phenoxy) is 1. The molecule has 0 spiro atoms. The molecule has 0 aromatic heterocycles. The van der Waals surface area contributed by atoms with Crippen molar-refractivity contribution < 1.29 is 14.9 Å². The van der Waals surface area contributed by atoms with E-state index in [0.717, 1.165) is 5.56 Å². The van der Waals surface area contributed by atoms with Gasteiger partial charge in [-0.15, -0.1) is 0 Å². The predicted molar refractivity (Wildman–Crippen MR) is 128 cm³/mol. The molecule has 0 heterocycles. The molecule has 5 aromatic carbocycles. The zero-order chi connectivity index (χ0) is 21.4. The Morgan fingerprint density at radius 2 is 1.32 bits per heavy atom. The first kappa shape index (κ1) is 20.2. The molecule has 0 aliphatic rings. The van der Waals surface area contributed by atoms with Crippen molar-refractivity contribution in [2.24, 2.45) is 0 Å². The summed E-state index contributed by atoms with van der Waals surface area (Å²) in [5, 5.41) is 33.3. The summed E-state index contributed by atoms with van der Waals surface area (Å²) in [5.74, 6) is 0. The monoisotopic (exact) mass is 413 g/mol. The third kappa shape index (κ3) is 3.24. The van der Waals surface area contributed by atoms with Gasteiger partial charge < -0.3 is 20.3 Å². The Morgan fingerprint density at radius 1 is 0.742 bits per heavy atom. The standard InChI is InChI=1S/C27H27NO3/c1-2-31-17-27(15-29,16-30)28-14-19-12-13-24-22-10-4-7-18-6-3-9-21(25(18)22)23-11-5-8-20(19)26(23)24/h3-13,28-30H,2,14-17H2,1H3. The lowest BCUT2D eigenvalue weighted by molar-refractivity contribution is 0.00757. The van der Waals surface area contributed by atoms with Gasteiger partial charge in [0, 0.05) is 13.2 Å². The van der Waals surface area contributed by atoms with E-state index in [1.165, 1.54) is 43.1 Å². The second-order valence-electron chi connectivity index (χ2n) is 8.30. The number of aliphatic hydroxyl groups is 2. The van der Waals surface area contributed by atoms with Crippen LogP contribution in [-0.2, 0) is 11.3 Å². The fourth-order valence-electron chi connectivity index (χ4n) is 4.74. The highest BCUT2D eigenvalue weighted by Gasteiger charge is 2.28. The average Bonchev–Trinajstić information content (AvgIpc) is 2.83. The van der Waals surface area contributed by atoms with Crippen molar-refractivity contribution in [3.05, 3.63) is 72.3 Å². The molecule has 0 fully saturated rings. The van der Waals surface area contributed by atoms with Gasteiger partial charge in [-0.2, -0.15) is 0 Å². The lowest BCUT2D eigenvalue weighted by Crippen LogP contribution is -2.55. The number of benzene rings is 5. The van der Waals surface area contributed by atoms with Gasteiger partial charge in [0.05, 0.1) is 25.4 Å². The largest absolute Gasteiger partial charge is 0.394 e. The van der Waals surface area contributed by atoms with Crippen LogP contribution in [0.15, 0.2) is 66.7 Å². The summed E-state index contributed by atoms with van der Waals surface area (Å²) >= 11 is 0. The fraction of sp³-hybridized carbons (Fsp3) is 0.259. The Bertz CT molecular complexity index is 1310. The molecule has 0 bridgehead atoms. The van der Waals surface area contributed by atoms with E-state index >= 15 is 0 Å². The zero-order valence-corrected chi connectivity index (χ0v) is 17.7. The van der Waals surface area contributed by atoms with Gasteiger partial charge in [0.2, 0.25) is 0 Å². The second kappa shape index (κ2) is 8.06. The molecular weight excluding hydrogens is 386 g/mol. The van der Waals surface area contributed by atoms with E-state index in [-0.39, 0.29) is 19.8 Å². The van der Waals surface area contributed by atoms with E-state index in [0.29, 0.717) is 13.2 Å². The highest BCUT2D eigenvalue weighted by atomic mass is 16.5. The van der Waals surface area contributed by atoms with Crippen LogP contribution in [0.1, 0.15) is 12.5 Å². The average molecular weight is 414 g/mol. The normalized spacial score (nSPS) is 12.6. The highest BCUT2D eigenvalue weighted by molar-refractivity contribution is 6.33. The van der Waals surface area contributed by atoms with Crippen LogP contribution in [0.2, 0.25) is 0 Å². The minimum absolute atomic E-state index is 0.194. The maximum atomic E-state index is 9.92. The maximum absolute atomic E-state index is 9.92. The summed E-state index contributed by atoms with van der Waals surface area (Å²) in [6.45, 7) is 2.84. The Labute approximate surface area is 181 Å². The molecule has 4 nitrogen and oxygen atoms in total. The highest BCUT2D eigenvalue weighted by Crippen LogP contribution is 2.40. The van der Waals surface area contributed by atoms with E-state index in [9.17, 15) is 10.2 Å². The number of hydrogen-bond donors (Lipinski definition) is 3. The van der Waals surface area contributed by atoms with Crippen LogP contribution < -0.4 is 5.32 Å². The predicted octanol–water partition coefficient (Wildman–Crippen LogP) is 4.59. The lowest BCUT2D eigenvalue weighted by atomic mass is 9.88. The van der Waals surface area contributed by atoms with Crippen LogP contribution in [0, 0.1) is 0 Å². The summed E-state index contributed by atoms with van der Waals surface area (Å²) in [5.41, 5.74) is 0.267. The molecule has 0 saturated carbocycles. The summed E-state index contributed by atoms with van der Waals surface area (Å²) in [6.07, 6.45) is 0. The van der Waals surface area contributed by atoms with Crippen LogP contribution in [0.4, 0.5) is 0 Å². The molecule has 5 rings (SSSR count). The first-order chi connectivity index (χ1) is 15.2. The number of aliphatic hydroxyl groups excluding tert-OH is 2. The summed E-state index contributed by atoms with van der Waals surface area (Å²) in [4.78, 5) is 0. The first-order valence-corrected chi connectivity index (χ1v) is 10.8. The van der Waals surface area contributed by atoms with Gasteiger partial charge in [-0.05, 0) is 55.6 Å². The number of rotatable bonds is 8. The van der Waals surface area contributed by atoms with Crippen LogP contribution in [-0.4, -0.2) is 42.2 Å². The Kier molecular flexibility index (Phi) is 5.24. The molecule has 31 heavy (non-hydrogen) atoms. The minimum atomic E-state index is -0.867. The SMILES string of the molecule is CCOCC(CO)(CO)NCc1ccc2c3cccc4cccc(c5cccc1c52)c43. The summed E-state index contributed by atoms with van der Waals surface area (Å²) in [7, 11) is 0. The lowest BCUT2D eigenvalue weighted by Gasteiger charge is -2.31. The third-order valence-corrected chi connectivity index (χ3v) is 6.46. The van der Waals surface area contributed by atoms with Crippen molar-refractivity contribution in [3.8, 4) is 0 Å². The van der Waals surface area contributed by atoms with Gasteiger partial charge in [0.15, 0.2) is 0 Å². The molecule has 0 aliphatic carbocycles. The van der Waals surface area contributed by atoms with E-state index < -0.39 is 5.54 Å². The van der Waals surface area contributed by atoms with Gasteiger partial charge in [-0.1, -0.05) is 66.7 Å². The zero-order valence-electron chi connectivity index (χ0n) is 17.7. The fourth-order valence-corrected chi connectivity index (χ4v) is 4.74. The van der Waals surface area contributed by atoms with Crippen LogP contribution in [0.3, 0.4) is 0 Å². The van der Waals surface area contributed by atoms with Crippen molar-refractivity contribution >= 4 is 43.1 Å². The second-order valence-corrected chi connectivity index (χ2v) is 8.30. The van der Waals surface area contributed by atoms with Gasteiger partial charge in [0.1, 0.15) is 0 Å². The first-order valence-electron chi connectivity index (χ1n) is 10.8. The van der Waals surface area contributed by atoms with Crippen LogP contribution in [0.5, 0.6) is 0 Å². The Hall–Kier alpha value is -2.76. The molecule has 0 amide bonds. The number of hydrogen-bond acceptors (Lipinski definition) is 4. The van der Waals surface area contributed by atoms with Crippen LogP contribution in [0.25, 0.3) is 43.1 Å². The topological polar surface area (TPSA) is 61.7 Å². The van der Waals surface area contributed by atoms with Gasteiger partial charge in [0.25, 0.3) is 0 Å².